The first kappa shape index (κ1) is 15.8. The molecule has 0 unspecified atom stereocenters. The fourth-order valence-corrected chi connectivity index (χ4v) is 3.19. The standard InChI is InChI=1S/C10H8Cl3NO5S/c11-5-1-6(20(14,16)17)9(13)7(8(5)12)10(15)19-4-2-18-3-4/h1,4H,2-3H2,(H2,14,16,17). The van der Waals surface area contributed by atoms with Crippen molar-refractivity contribution < 1.29 is 22.7 Å². The molecule has 1 aromatic rings. The second-order valence-electron chi connectivity index (χ2n) is 3.97. The van der Waals surface area contributed by atoms with Crippen molar-refractivity contribution in [3.8, 4) is 0 Å². The maximum Gasteiger partial charge on any atom is 0.341 e. The summed E-state index contributed by atoms with van der Waals surface area (Å²) in [5.74, 6) is -0.888. The van der Waals surface area contributed by atoms with Gasteiger partial charge in [-0.2, -0.15) is 0 Å². The zero-order chi connectivity index (χ0) is 15.1. The number of halogens is 3. The Hall–Kier alpha value is -0.570. The van der Waals surface area contributed by atoms with E-state index < -0.39 is 32.0 Å². The van der Waals surface area contributed by atoms with Crippen LogP contribution in [-0.2, 0) is 19.5 Å². The number of ether oxygens (including phenoxy) is 2. The highest BCUT2D eigenvalue weighted by molar-refractivity contribution is 7.89. The van der Waals surface area contributed by atoms with Crippen molar-refractivity contribution in [1.29, 1.82) is 0 Å². The molecule has 1 aromatic carbocycles. The first-order valence-electron chi connectivity index (χ1n) is 5.21. The number of primary sulfonamides is 1. The van der Waals surface area contributed by atoms with Crippen LogP contribution in [0, 0.1) is 0 Å². The average Bonchev–Trinajstić information content (AvgIpc) is 2.27. The highest BCUT2D eigenvalue weighted by atomic mass is 35.5. The predicted molar refractivity (Wildman–Crippen MR) is 72.9 cm³/mol. The summed E-state index contributed by atoms with van der Waals surface area (Å²) in [6.45, 7) is 0.507. The largest absolute Gasteiger partial charge is 0.454 e. The highest BCUT2D eigenvalue weighted by Crippen LogP contribution is 2.37. The van der Waals surface area contributed by atoms with Gasteiger partial charge in [-0.1, -0.05) is 34.8 Å². The zero-order valence-electron chi connectivity index (χ0n) is 9.73. The van der Waals surface area contributed by atoms with Gasteiger partial charge >= 0.3 is 5.97 Å². The number of hydrogen-bond donors (Lipinski definition) is 1. The molecule has 0 aromatic heterocycles. The van der Waals surface area contributed by atoms with Gasteiger partial charge in [0.1, 0.15) is 11.0 Å². The molecule has 0 saturated carbocycles. The minimum atomic E-state index is -4.16. The first-order valence-corrected chi connectivity index (χ1v) is 7.89. The zero-order valence-corrected chi connectivity index (χ0v) is 12.8. The maximum absolute atomic E-state index is 12.0. The Kier molecular flexibility index (Phi) is 4.48. The molecule has 0 bridgehead atoms. The molecular weight excluding hydrogens is 353 g/mol. The van der Waals surface area contributed by atoms with Crippen molar-refractivity contribution in [2.45, 2.75) is 11.0 Å². The van der Waals surface area contributed by atoms with Crippen molar-refractivity contribution in [3.63, 3.8) is 0 Å². The Labute approximate surface area is 129 Å². The Morgan fingerprint density at radius 1 is 1.30 bits per heavy atom. The third kappa shape index (κ3) is 3.03. The van der Waals surface area contributed by atoms with Gasteiger partial charge in [0, 0.05) is 0 Å². The molecular formula is C10H8Cl3NO5S. The van der Waals surface area contributed by atoms with E-state index in [4.69, 9.17) is 49.4 Å². The molecule has 10 heteroatoms. The molecule has 0 aliphatic carbocycles. The summed E-state index contributed by atoms with van der Waals surface area (Å²) in [7, 11) is -4.16. The van der Waals surface area contributed by atoms with Gasteiger partial charge in [0.15, 0.2) is 0 Å². The highest BCUT2D eigenvalue weighted by Gasteiger charge is 2.30. The van der Waals surface area contributed by atoms with Gasteiger partial charge in [-0.15, -0.1) is 0 Å². The van der Waals surface area contributed by atoms with Crippen LogP contribution in [0.2, 0.25) is 15.1 Å². The second-order valence-corrected chi connectivity index (χ2v) is 6.66. The molecule has 110 valence electrons. The lowest BCUT2D eigenvalue weighted by Crippen LogP contribution is -2.38. The molecule has 0 spiro atoms. The van der Waals surface area contributed by atoms with Crippen LogP contribution in [0.5, 0.6) is 0 Å². The summed E-state index contributed by atoms with van der Waals surface area (Å²) in [5.41, 5.74) is -0.336. The third-order valence-corrected chi connectivity index (χ3v) is 4.74. The number of carbonyl (C=O) groups is 1. The summed E-state index contributed by atoms with van der Waals surface area (Å²) in [5, 5.41) is 4.20. The van der Waals surface area contributed by atoms with Crippen LogP contribution in [0.1, 0.15) is 10.4 Å². The minimum absolute atomic E-state index is 0.170. The van der Waals surface area contributed by atoms with Gasteiger partial charge in [0.25, 0.3) is 0 Å². The summed E-state index contributed by atoms with van der Waals surface area (Å²) in [6, 6.07) is 0.977. The molecule has 1 saturated heterocycles. The Bertz CT molecular complexity index is 672. The lowest BCUT2D eigenvalue weighted by atomic mass is 10.2. The molecule has 1 aliphatic rings. The lowest BCUT2D eigenvalue weighted by Gasteiger charge is -2.26. The lowest BCUT2D eigenvalue weighted by molar-refractivity contribution is -0.103. The molecule has 1 aliphatic heterocycles. The smallest absolute Gasteiger partial charge is 0.341 e. The van der Waals surface area contributed by atoms with Crippen molar-refractivity contribution in [3.05, 3.63) is 26.7 Å². The Morgan fingerprint density at radius 3 is 2.35 bits per heavy atom. The van der Waals surface area contributed by atoms with E-state index in [-0.39, 0.29) is 28.8 Å². The average molecular weight is 361 g/mol. The van der Waals surface area contributed by atoms with Gasteiger partial charge in [-0.25, -0.2) is 18.4 Å². The molecule has 0 radical (unpaired) electrons. The van der Waals surface area contributed by atoms with Crippen LogP contribution >= 0.6 is 34.8 Å². The normalized spacial score (nSPS) is 15.8. The van der Waals surface area contributed by atoms with E-state index in [1.165, 1.54) is 0 Å². The van der Waals surface area contributed by atoms with Crippen molar-refractivity contribution in [2.24, 2.45) is 5.14 Å². The van der Waals surface area contributed by atoms with Crippen LogP contribution in [0.25, 0.3) is 0 Å². The van der Waals surface area contributed by atoms with E-state index in [0.717, 1.165) is 6.07 Å². The van der Waals surface area contributed by atoms with Gasteiger partial charge in [-0.05, 0) is 6.07 Å². The van der Waals surface area contributed by atoms with E-state index in [9.17, 15) is 13.2 Å². The molecule has 0 atom stereocenters. The number of carbonyl (C=O) groups excluding carboxylic acids is 1. The molecule has 2 rings (SSSR count). The number of esters is 1. The quantitative estimate of drug-likeness (QED) is 0.655. The minimum Gasteiger partial charge on any atom is -0.454 e. The summed E-state index contributed by atoms with van der Waals surface area (Å²) in [6.07, 6.45) is -0.424. The van der Waals surface area contributed by atoms with Crippen LogP contribution in [0.15, 0.2) is 11.0 Å². The molecule has 1 fully saturated rings. The third-order valence-electron chi connectivity index (χ3n) is 2.51. The van der Waals surface area contributed by atoms with Crippen LogP contribution in [0.3, 0.4) is 0 Å². The SMILES string of the molecule is NS(=O)(=O)c1cc(Cl)c(Cl)c(C(=O)OC2COC2)c1Cl. The first-order chi connectivity index (χ1) is 9.21. The maximum atomic E-state index is 12.0. The number of hydrogen-bond acceptors (Lipinski definition) is 5. The van der Waals surface area contributed by atoms with Gasteiger partial charge in [-0.3, -0.25) is 0 Å². The van der Waals surface area contributed by atoms with E-state index >= 15 is 0 Å². The van der Waals surface area contributed by atoms with Crippen molar-refractivity contribution in [1.82, 2.24) is 0 Å². The number of sulfonamides is 1. The summed E-state index contributed by atoms with van der Waals surface area (Å²) >= 11 is 17.5. The van der Waals surface area contributed by atoms with Crippen LogP contribution < -0.4 is 5.14 Å². The van der Waals surface area contributed by atoms with Gasteiger partial charge < -0.3 is 9.47 Å². The van der Waals surface area contributed by atoms with Crippen LogP contribution in [-0.4, -0.2) is 33.7 Å². The predicted octanol–water partition coefficient (Wildman–Crippen LogP) is 1.85. The summed E-state index contributed by atoms with van der Waals surface area (Å²) < 4.78 is 32.7. The van der Waals surface area contributed by atoms with Gasteiger partial charge in [0.05, 0.1) is 33.8 Å². The number of rotatable bonds is 3. The topological polar surface area (TPSA) is 95.7 Å². The molecule has 0 amide bonds. The Balaban J connectivity index is 2.50. The molecule has 6 nitrogen and oxygen atoms in total. The monoisotopic (exact) mass is 359 g/mol. The van der Waals surface area contributed by atoms with Gasteiger partial charge in [0.2, 0.25) is 10.0 Å². The Morgan fingerprint density at radius 2 is 1.90 bits per heavy atom. The fraction of sp³-hybridized carbons (Fsp3) is 0.300. The van der Waals surface area contributed by atoms with E-state index in [0.29, 0.717) is 0 Å². The summed E-state index contributed by atoms with van der Waals surface area (Å²) in [4.78, 5) is 11.5. The molecule has 20 heavy (non-hydrogen) atoms. The second kappa shape index (κ2) is 5.67. The van der Waals surface area contributed by atoms with Crippen molar-refractivity contribution in [2.75, 3.05) is 13.2 Å². The van der Waals surface area contributed by atoms with E-state index in [1.54, 1.807) is 0 Å². The van der Waals surface area contributed by atoms with E-state index in [2.05, 4.69) is 0 Å². The van der Waals surface area contributed by atoms with Crippen molar-refractivity contribution >= 4 is 50.8 Å². The molecule has 2 N–H and O–H groups in total. The number of benzene rings is 1. The fourth-order valence-electron chi connectivity index (χ4n) is 1.46. The number of nitrogens with two attached hydrogens (primary N) is 1. The molecule has 1 heterocycles. The van der Waals surface area contributed by atoms with Crippen LogP contribution in [0.4, 0.5) is 0 Å². The van der Waals surface area contributed by atoms with E-state index in [1.807, 2.05) is 0 Å².